The smallest absolute Gasteiger partial charge is 0.346 e. The Labute approximate surface area is 214 Å². The normalized spacial score (nSPS) is 18.2. The topological polar surface area (TPSA) is 121 Å². The summed E-state index contributed by atoms with van der Waals surface area (Å²) in [5.74, 6) is -3.60. The van der Waals surface area contributed by atoms with Crippen LogP contribution in [-0.4, -0.2) is 32.3 Å². The summed E-state index contributed by atoms with van der Waals surface area (Å²) in [5.41, 5.74) is 2.01. The van der Waals surface area contributed by atoms with Crippen LogP contribution in [-0.2, 0) is 24.7 Å². The Hall–Kier alpha value is -4.89. The van der Waals surface area contributed by atoms with Crippen LogP contribution < -0.4 is 0 Å². The molecule has 0 saturated carbocycles. The summed E-state index contributed by atoms with van der Waals surface area (Å²) in [5, 5.41) is 0. The molecule has 9 heteroatoms. The van der Waals surface area contributed by atoms with Crippen molar-refractivity contribution in [2.45, 2.75) is 15.2 Å². The van der Waals surface area contributed by atoms with E-state index in [4.69, 9.17) is 9.47 Å². The van der Waals surface area contributed by atoms with Crippen LogP contribution in [0.4, 0.5) is 0 Å². The summed E-state index contributed by atoms with van der Waals surface area (Å²) < 4.78 is 37.9. The summed E-state index contributed by atoms with van der Waals surface area (Å²) in [4.78, 5) is 49.7. The van der Waals surface area contributed by atoms with Gasteiger partial charge >= 0.3 is 23.9 Å². The van der Waals surface area contributed by atoms with Crippen LogP contribution in [0.2, 0.25) is 0 Å². The highest BCUT2D eigenvalue weighted by atomic mass is 32.2. The SMILES string of the molecule is O=C1OC(=O)c2cc3c(cc21)C1(c2ccccc2-c2ccccc21)c1cc2c(cc1S3(=O)=O)C(=O)OC2=O. The van der Waals surface area contributed by atoms with Gasteiger partial charge in [0.1, 0.15) is 0 Å². The van der Waals surface area contributed by atoms with Crippen LogP contribution in [0.3, 0.4) is 0 Å². The molecule has 3 aliphatic heterocycles. The Balaban J connectivity index is 1.63. The average Bonchev–Trinajstić information content (AvgIpc) is 3.48. The fourth-order valence-corrected chi connectivity index (χ4v) is 8.12. The van der Waals surface area contributed by atoms with Crippen molar-refractivity contribution in [1.82, 2.24) is 0 Å². The number of carbonyl (C=O) groups is 4. The minimum Gasteiger partial charge on any atom is -0.386 e. The fraction of sp³-hybridized carbons (Fsp3) is 0.0345. The van der Waals surface area contributed by atoms with Gasteiger partial charge < -0.3 is 9.47 Å². The van der Waals surface area contributed by atoms with Crippen molar-refractivity contribution in [3.63, 3.8) is 0 Å². The Kier molecular flexibility index (Phi) is 3.63. The molecule has 182 valence electrons. The zero-order chi connectivity index (χ0) is 26.1. The standard InChI is InChI=1S/C29H12O8S/c30-25-15-9-21-23(11-17(15)27(32)36-25)38(34,35)24-12-18-16(26(31)37-28(18)33)10-22(24)29(21)19-7-3-1-5-13(19)14-6-2-4-8-20(14)29/h1-12H. The second kappa shape index (κ2) is 6.51. The molecule has 38 heavy (non-hydrogen) atoms. The zero-order valence-electron chi connectivity index (χ0n) is 19.1. The molecule has 0 fully saturated rings. The van der Waals surface area contributed by atoms with Crippen LogP contribution in [0.5, 0.6) is 0 Å². The van der Waals surface area contributed by atoms with Gasteiger partial charge in [-0.2, -0.15) is 0 Å². The molecular weight excluding hydrogens is 508 g/mol. The van der Waals surface area contributed by atoms with Gasteiger partial charge in [0.15, 0.2) is 0 Å². The molecule has 4 aromatic carbocycles. The lowest BCUT2D eigenvalue weighted by Gasteiger charge is -2.40. The lowest BCUT2D eigenvalue weighted by Crippen LogP contribution is -2.36. The Morgan fingerprint density at radius 2 is 0.842 bits per heavy atom. The second-order valence-electron chi connectivity index (χ2n) is 9.49. The maximum atomic E-state index is 14.2. The molecule has 0 N–H and O–H groups in total. The van der Waals surface area contributed by atoms with Crippen LogP contribution in [0.1, 0.15) is 63.7 Å². The monoisotopic (exact) mass is 520 g/mol. The average molecular weight is 520 g/mol. The molecule has 0 amide bonds. The summed E-state index contributed by atoms with van der Waals surface area (Å²) >= 11 is 0. The largest absolute Gasteiger partial charge is 0.386 e. The molecule has 3 heterocycles. The number of fused-ring (bicyclic) bond motifs is 11. The van der Waals surface area contributed by atoms with E-state index in [9.17, 15) is 27.6 Å². The number of ether oxygens (including phenoxy) is 2. The molecule has 0 unspecified atom stereocenters. The highest BCUT2D eigenvalue weighted by Crippen LogP contribution is 2.61. The predicted molar refractivity (Wildman–Crippen MR) is 129 cm³/mol. The first kappa shape index (κ1) is 21.2. The predicted octanol–water partition coefficient (Wildman–Crippen LogP) is 3.82. The summed E-state index contributed by atoms with van der Waals surface area (Å²) in [6, 6.07) is 20.1. The van der Waals surface area contributed by atoms with E-state index >= 15 is 0 Å². The van der Waals surface area contributed by atoms with Crippen molar-refractivity contribution in [1.29, 1.82) is 0 Å². The van der Waals surface area contributed by atoms with E-state index in [0.717, 1.165) is 22.3 Å². The minimum absolute atomic E-state index is 0.0376. The number of carbonyl (C=O) groups excluding carboxylic acids is 4. The van der Waals surface area contributed by atoms with Crippen molar-refractivity contribution < 1.29 is 37.1 Å². The highest BCUT2D eigenvalue weighted by Gasteiger charge is 2.55. The fourth-order valence-electron chi connectivity index (χ4n) is 6.33. The van der Waals surface area contributed by atoms with Gasteiger partial charge in [0.25, 0.3) is 0 Å². The first-order valence-corrected chi connectivity index (χ1v) is 13.1. The third-order valence-corrected chi connectivity index (χ3v) is 9.66. The van der Waals surface area contributed by atoms with Gasteiger partial charge in [-0.3, -0.25) is 0 Å². The Morgan fingerprint density at radius 3 is 1.26 bits per heavy atom. The van der Waals surface area contributed by atoms with Crippen molar-refractivity contribution in [3.8, 4) is 11.1 Å². The maximum Gasteiger partial charge on any atom is 0.346 e. The number of rotatable bonds is 0. The highest BCUT2D eigenvalue weighted by molar-refractivity contribution is 7.91. The second-order valence-corrected chi connectivity index (χ2v) is 11.4. The van der Waals surface area contributed by atoms with E-state index in [1.165, 1.54) is 24.3 Å². The van der Waals surface area contributed by atoms with E-state index in [0.29, 0.717) is 0 Å². The third kappa shape index (κ3) is 2.20. The molecule has 4 aliphatic rings. The van der Waals surface area contributed by atoms with Crippen LogP contribution in [0.25, 0.3) is 11.1 Å². The first-order chi connectivity index (χ1) is 18.2. The van der Waals surface area contributed by atoms with E-state index in [1.807, 2.05) is 48.5 Å². The van der Waals surface area contributed by atoms with Crippen LogP contribution >= 0.6 is 0 Å². The summed E-state index contributed by atoms with van der Waals surface area (Å²) in [7, 11) is -4.33. The molecule has 8 rings (SSSR count). The van der Waals surface area contributed by atoms with E-state index in [1.54, 1.807) is 0 Å². The van der Waals surface area contributed by atoms with E-state index in [-0.39, 0.29) is 43.2 Å². The third-order valence-electron chi connectivity index (χ3n) is 7.83. The number of benzene rings is 4. The van der Waals surface area contributed by atoms with Gasteiger partial charge in [0.05, 0.1) is 37.5 Å². The van der Waals surface area contributed by atoms with Gasteiger partial charge in [-0.15, -0.1) is 0 Å². The molecule has 0 radical (unpaired) electrons. The lowest BCUT2D eigenvalue weighted by atomic mass is 9.66. The van der Waals surface area contributed by atoms with E-state index < -0.39 is 39.1 Å². The zero-order valence-corrected chi connectivity index (χ0v) is 19.9. The number of cyclic esters (lactones) is 4. The lowest BCUT2D eigenvalue weighted by molar-refractivity contribution is 0.0425. The Bertz CT molecular complexity index is 1880. The molecule has 0 atom stereocenters. The number of hydrogen-bond donors (Lipinski definition) is 0. The maximum absolute atomic E-state index is 14.2. The minimum atomic E-state index is -4.33. The quantitative estimate of drug-likeness (QED) is 0.219. The molecule has 1 aliphatic carbocycles. The number of sulfone groups is 1. The first-order valence-electron chi connectivity index (χ1n) is 11.6. The Morgan fingerprint density at radius 1 is 0.474 bits per heavy atom. The van der Waals surface area contributed by atoms with Gasteiger partial charge in [-0.05, 0) is 57.6 Å². The van der Waals surface area contributed by atoms with Gasteiger partial charge in [0, 0.05) is 0 Å². The molecule has 4 aromatic rings. The summed E-state index contributed by atoms with van der Waals surface area (Å²) in [6.45, 7) is 0. The van der Waals surface area contributed by atoms with E-state index in [2.05, 4.69) is 0 Å². The molecule has 0 aromatic heterocycles. The molecule has 0 bridgehead atoms. The molecule has 8 nitrogen and oxygen atoms in total. The van der Waals surface area contributed by atoms with Crippen LogP contribution in [0, 0.1) is 0 Å². The van der Waals surface area contributed by atoms with Gasteiger partial charge in [-0.25, -0.2) is 27.6 Å². The summed E-state index contributed by atoms with van der Waals surface area (Å²) in [6.07, 6.45) is 0. The molecular formula is C29H12O8S. The van der Waals surface area contributed by atoms with Crippen molar-refractivity contribution in [2.24, 2.45) is 0 Å². The van der Waals surface area contributed by atoms with Crippen molar-refractivity contribution in [3.05, 3.63) is 117 Å². The van der Waals surface area contributed by atoms with Gasteiger partial charge in [-0.1, -0.05) is 48.5 Å². The molecule has 1 spiro atoms. The van der Waals surface area contributed by atoms with Gasteiger partial charge in [0.2, 0.25) is 9.84 Å². The van der Waals surface area contributed by atoms with Crippen molar-refractivity contribution >= 4 is 33.7 Å². The number of esters is 4. The van der Waals surface area contributed by atoms with Crippen LogP contribution in [0.15, 0.2) is 82.6 Å². The number of hydrogen-bond acceptors (Lipinski definition) is 8. The van der Waals surface area contributed by atoms with Crippen molar-refractivity contribution in [2.75, 3.05) is 0 Å². The molecule has 0 saturated heterocycles.